The Morgan fingerprint density at radius 2 is 1.13 bits per heavy atom. The maximum absolute atomic E-state index is 5.21. The van der Waals surface area contributed by atoms with Crippen LogP contribution in [0.1, 0.15) is 55.4 Å². The van der Waals surface area contributed by atoms with Crippen LogP contribution in [0.15, 0.2) is 4.78 Å². The fourth-order valence-electron chi connectivity index (χ4n) is 2.94. The van der Waals surface area contributed by atoms with Crippen LogP contribution in [0.25, 0.3) is 0 Å². The number of nitrogens with zero attached hydrogens (tertiary/aromatic N) is 4. The van der Waals surface area contributed by atoms with Gasteiger partial charge in [-0.2, -0.15) is 0 Å². The summed E-state index contributed by atoms with van der Waals surface area (Å²) in [6.07, 6.45) is -2.13. The van der Waals surface area contributed by atoms with Crippen LogP contribution < -0.4 is 0 Å². The van der Waals surface area contributed by atoms with Crippen LogP contribution in [0.5, 0.6) is 0 Å². The lowest BCUT2D eigenvalue weighted by Gasteiger charge is -2.45. The number of hydrogen-bond donors (Lipinski definition) is 1. The number of hydrogen-bond acceptors (Lipinski definition) is 4. The third-order valence-electron chi connectivity index (χ3n) is 3.29. The van der Waals surface area contributed by atoms with Crippen molar-refractivity contribution in [3.8, 4) is 0 Å². The molecule has 0 aromatic rings. The van der Waals surface area contributed by atoms with Crippen molar-refractivity contribution in [1.82, 2.24) is 9.34 Å². The van der Waals surface area contributed by atoms with Crippen LogP contribution in [-0.2, 0) is 0 Å². The van der Waals surface area contributed by atoms with Gasteiger partial charge in [-0.25, -0.2) is 9.34 Å². The maximum atomic E-state index is 5.21. The monoisotopic (exact) mass is 377 g/mol. The molecule has 0 aromatic carbocycles. The average molecular weight is 378 g/mol. The molecule has 4 nitrogen and oxygen atoms in total. The summed E-state index contributed by atoms with van der Waals surface area (Å²) < 4.78 is 9.44. The van der Waals surface area contributed by atoms with E-state index in [2.05, 4.69) is 99.5 Å². The zero-order valence-corrected chi connectivity index (χ0v) is 19.8. The molecule has 0 heterocycles. The Balaban J connectivity index is 6.62. The van der Waals surface area contributed by atoms with Gasteiger partial charge in [0, 0.05) is 28.9 Å². The Bertz CT molecular complexity index is 459. The van der Waals surface area contributed by atoms with E-state index in [4.69, 9.17) is 12.2 Å². The molecule has 0 saturated heterocycles. The van der Waals surface area contributed by atoms with Crippen LogP contribution in [0.2, 0.25) is 19.6 Å². The Morgan fingerprint density at radius 3 is 1.35 bits per heavy atom. The second-order valence-electron chi connectivity index (χ2n) is 8.17. The lowest BCUT2D eigenvalue weighted by molar-refractivity contribution is -0.0600. The summed E-state index contributed by atoms with van der Waals surface area (Å²) in [5, 5.41) is 0. The maximum Gasteiger partial charge on any atom is 0.379 e. The fourth-order valence-corrected chi connectivity index (χ4v) is 9.15. The smallest absolute Gasteiger partial charge is 0.247 e. The molecule has 0 atom stereocenters. The largest absolute Gasteiger partial charge is 0.379 e. The standard InChI is InChI=1S/C16H38N4PSSi/c1-13(2)19(14(3)4)21(22,12-17-18-23(9,10)11)20(15(5)6)16(7)8/h13-16,22H,1-11H3/q+1. The molecule has 0 amide bonds. The van der Waals surface area contributed by atoms with Crippen molar-refractivity contribution in [2.24, 2.45) is 4.78 Å². The molecule has 7 heteroatoms. The zero-order valence-electron chi connectivity index (χ0n) is 17.0. The van der Waals surface area contributed by atoms with E-state index in [1.54, 1.807) is 0 Å². The molecule has 0 radical (unpaired) electrons. The van der Waals surface area contributed by atoms with Crippen molar-refractivity contribution < 1.29 is 4.79 Å². The molecule has 0 aromatic heterocycles. The molecule has 0 fully saturated rings. The third kappa shape index (κ3) is 6.92. The molecule has 0 aliphatic heterocycles. The molecular formula is C16H38N4PSSi+. The highest BCUT2D eigenvalue weighted by atomic mass is 32.7. The van der Waals surface area contributed by atoms with Crippen molar-refractivity contribution in [2.75, 3.05) is 0 Å². The van der Waals surface area contributed by atoms with Gasteiger partial charge >= 0.3 is 5.59 Å². The van der Waals surface area contributed by atoms with Crippen LogP contribution in [0, 0.1) is 0 Å². The molecule has 0 unspecified atom stereocenters. The number of rotatable bonds is 7. The van der Waals surface area contributed by atoms with Gasteiger partial charge in [-0.05, 0) is 75.0 Å². The van der Waals surface area contributed by atoms with Crippen molar-refractivity contribution in [2.45, 2.75) is 99.2 Å². The van der Waals surface area contributed by atoms with Crippen molar-refractivity contribution in [3.63, 3.8) is 0 Å². The summed E-state index contributed by atoms with van der Waals surface area (Å²) in [5.74, 6) is 0. The molecule has 0 spiro atoms. The summed E-state index contributed by atoms with van der Waals surface area (Å²) in [6.45, 7) is 24.3. The van der Waals surface area contributed by atoms with E-state index in [9.17, 15) is 0 Å². The highest BCUT2D eigenvalue weighted by molar-refractivity contribution is 8.49. The van der Waals surface area contributed by atoms with Gasteiger partial charge in [-0.1, -0.05) is 0 Å². The van der Waals surface area contributed by atoms with Crippen LogP contribution in [0.4, 0.5) is 0 Å². The minimum absolute atomic E-state index is 0.371. The van der Waals surface area contributed by atoms with Gasteiger partial charge in [0.15, 0.2) is 0 Å². The van der Waals surface area contributed by atoms with Gasteiger partial charge in [-0.3, -0.25) is 0 Å². The Hall–Kier alpha value is 0.207. The molecular weight excluding hydrogens is 339 g/mol. The summed E-state index contributed by atoms with van der Waals surface area (Å²) in [7, 11) is -1.59. The van der Waals surface area contributed by atoms with Gasteiger partial charge in [0.05, 0.1) is 0 Å². The van der Waals surface area contributed by atoms with Crippen molar-refractivity contribution >= 4 is 32.5 Å². The van der Waals surface area contributed by atoms with Gasteiger partial charge in [0.25, 0.3) is 8.24 Å². The van der Waals surface area contributed by atoms with E-state index >= 15 is 0 Å². The van der Waals surface area contributed by atoms with E-state index in [0.717, 1.165) is 0 Å². The zero-order chi connectivity index (χ0) is 18.6. The number of thiol groups is 1. The highest BCUT2D eigenvalue weighted by Gasteiger charge is 2.39. The van der Waals surface area contributed by atoms with Gasteiger partial charge in [-0.15, -0.1) is 12.2 Å². The van der Waals surface area contributed by atoms with Crippen LogP contribution in [-0.4, -0.2) is 52.1 Å². The first-order valence-corrected chi connectivity index (χ1v) is 14.9. The van der Waals surface area contributed by atoms with Crippen molar-refractivity contribution in [1.29, 1.82) is 0 Å². The van der Waals surface area contributed by atoms with E-state index in [-0.39, 0.29) is 0 Å². The predicted molar refractivity (Wildman–Crippen MR) is 111 cm³/mol. The molecule has 0 aliphatic carbocycles. The average Bonchev–Trinajstić information content (AvgIpc) is 2.23. The summed E-state index contributed by atoms with van der Waals surface area (Å²) in [6, 6.07) is 1.48. The van der Waals surface area contributed by atoms with Crippen LogP contribution in [0.3, 0.4) is 0 Å². The molecule has 136 valence electrons. The first kappa shape index (κ1) is 23.2. The minimum Gasteiger partial charge on any atom is -0.247 e. The van der Waals surface area contributed by atoms with Crippen molar-refractivity contribution in [3.05, 3.63) is 0 Å². The summed E-state index contributed by atoms with van der Waals surface area (Å²) in [5.41, 5.74) is 3.40. The van der Waals surface area contributed by atoms with E-state index < -0.39 is 14.6 Å². The lowest BCUT2D eigenvalue weighted by Crippen LogP contribution is -2.43. The quantitative estimate of drug-likeness (QED) is 0.163. The molecule has 0 aliphatic rings. The summed E-state index contributed by atoms with van der Waals surface area (Å²) >= 11 is 5.21. The van der Waals surface area contributed by atoms with Gasteiger partial charge < -0.3 is 0 Å². The Kier molecular flexibility index (Phi) is 9.14. The highest BCUT2D eigenvalue weighted by Crippen LogP contribution is 2.61. The minimum atomic E-state index is -2.13. The molecule has 0 saturated carbocycles. The fraction of sp³-hybridized carbons (Fsp3) is 0.938. The summed E-state index contributed by atoms with van der Waals surface area (Å²) in [4.78, 5) is 4.41. The lowest BCUT2D eigenvalue weighted by atomic mass is 10.3. The molecule has 23 heavy (non-hydrogen) atoms. The molecule has 0 rings (SSSR count). The normalized spacial score (nSPS) is 13.5. The Morgan fingerprint density at radius 1 is 0.826 bits per heavy atom. The predicted octanol–water partition coefficient (Wildman–Crippen LogP) is 5.32. The SMILES string of the molecule is CC(C)N(C(C)C)P(S)(=C=[N+]=N[Si](C)(C)C)N(C(C)C)C(C)C. The van der Waals surface area contributed by atoms with Gasteiger partial charge in [0.1, 0.15) is 4.79 Å². The second kappa shape index (κ2) is 9.06. The third-order valence-corrected chi connectivity index (χ3v) is 8.99. The van der Waals surface area contributed by atoms with Crippen LogP contribution >= 0.6 is 18.6 Å². The molecule has 0 bridgehead atoms. The van der Waals surface area contributed by atoms with E-state index in [1.807, 2.05) is 0 Å². The Labute approximate surface area is 150 Å². The van der Waals surface area contributed by atoms with E-state index in [0.29, 0.717) is 24.2 Å². The van der Waals surface area contributed by atoms with Gasteiger partial charge in [0.2, 0.25) is 6.39 Å². The first-order chi connectivity index (χ1) is 10.2. The topological polar surface area (TPSA) is 32.9 Å². The first-order valence-electron chi connectivity index (χ1n) is 8.62. The second-order valence-corrected chi connectivity index (χ2v) is 16.6. The van der Waals surface area contributed by atoms with E-state index in [1.165, 1.54) is 0 Å². The molecule has 0 N–H and O–H groups in total.